The number of nitrogens with two attached hydrogens (primary N) is 1. The van der Waals surface area contributed by atoms with E-state index >= 15 is 0 Å². The van der Waals surface area contributed by atoms with Crippen molar-refractivity contribution in [3.05, 3.63) is 30.1 Å². The van der Waals surface area contributed by atoms with Gasteiger partial charge in [0.1, 0.15) is 5.69 Å². The summed E-state index contributed by atoms with van der Waals surface area (Å²) in [5.74, 6) is 0. The number of pyridine rings is 1. The van der Waals surface area contributed by atoms with Crippen molar-refractivity contribution in [2.75, 3.05) is 5.73 Å². The number of halogens is 1. The van der Waals surface area contributed by atoms with Crippen LogP contribution in [0.3, 0.4) is 0 Å². The number of anilines is 1. The Morgan fingerprint density at radius 3 is 2.79 bits per heavy atom. The number of aromatic nitrogens is 2. The summed E-state index contributed by atoms with van der Waals surface area (Å²) in [6.07, 6.45) is 1.18. The highest BCUT2D eigenvalue weighted by molar-refractivity contribution is 5.85. The largest absolute Gasteiger partial charge is 0.395 e. The minimum Gasteiger partial charge on any atom is -0.395 e. The third-order valence-electron chi connectivity index (χ3n) is 2.00. The highest BCUT2D eigenvalue weighted by Gasteiger charge is 2.12. The van der Waals surface area contributed by atoms with E-state index in [0.29, 0.717) is 11.4 Å². The van der Waals surface area contributed by atoms with Crippen LogP contribution < -0.4 is 5.73 Å². The Kier molecular flexibility index (Phi) is 2.98. The molecule has 0 amide bonds. The van der Waals surface area contributed by atoms with Crippen LogP contribution in [0.2, 0.25) is 0 Å². The lowest BCUT2D eigenvalue weighted by Crippen LogP contribution is -1.96. The van der Waals surface area contributed by atoms with Crippen LogP contribution >= 0.6 is 12.4 Å². The molecule has 0 aliphatic carbocycles. The Morgan fingerprint density at radius 2 is 2.21 bits per heavy atom. The summed E-state index contributed by atoms with van der Waals surface area (Å²) in [6, 6.07) is 5.62. The Bertz CT molecular complexity index is 439. The smallest absolute Gasteiger partial charge is 0.115 e. The second-order valence-corrected chi connectivity index (χ2v) is 3.01. The number of fused-ring (bicyclic) bond motifs is 1. The van der Waals surface area contributed by atoms with Gasteiger partial charge in [0.25, 0.3) is 0 Å². The third kappa shape index (κ3) is 1.54. The van der Waals surface area contributed by atoms with Crippen molar-refractivity contribution in [1.29, 1.82) is 0 Å². The zero-order valence-corrected chi connectivity index (χ0v) is 8.53. The van der Waals surface area contributed by atoms with Gasteiger partial charge in [-0.15, -0.1) is 12.4 Å². The Hall–Kier alpha value is -1.26. The van der Waals surface area contributed by atoms with Crippen molar-refractivity contribution in [3.8, 4) is 0 Å². The van der Waals surface area contributed by atoms with Crippen LogP contribution in [0, 0.1) is 0 Å². The fraction of sp³-hybridized carbons (Fsp3) is 0.222. The highest BCUT2D eigenvalue weighted by atomic mass is 35.5. The van der Waals surface area contributed by atoms with Gasteiger partial charge in [-0.2, -0.15) is 5.10 Å². The lowest BCUT2D eigenvalue weighted by Gasteiger charge is -1.98. The molecule has 0 aliphatic rings. The molecule has 0 saturated heterocycles. The van der Waals surface area contributed by atoms with Crippen molar-refractivity contribution in [3.63, 3.8) is 0 Å². The van der Waals surface area contributed by atoms with E-state index in [4.69, 9.17) is 5.73 Å². The number of rotatable bonds is 1. The van der Waals surface area contributed by atoms with Gasteiger partial charge in [0, 0.05) is 6.20 Å². The summed E-state index contributed by atoms with van der Waals surface area (Å²) in [6.45, 7) is 1.65. The molecule has 76 valence electrons. The van der Waals surface area contributed by atoms with Crippen LogP contribution in [0.25, 0.3) is 5.52 Å². The van der Waals surface area contributed by atoms with Gasteiger partial charge in [0.05, 0.1) is 17.3 Å². The first-order valence-electron chi connectivity index (χ1n) is 4.11. The molecule has 2 aromatic heterocycles. The van der Waals surface area contributed by atoms with Gasteiger partial charge in [-0.1, -0.05) is 6.07 Å². The van der Waals surface area contributed by atoms with E-state index in [2.05, 4.69) is 5.10 Å². The standard InChI is InChI=1S/C9H11N3O.ClH/c1-6(13)9-8(10)7-4-2-3-5-12(7)11-9;/h2-6,13H,10H2,1H3;1H. The molecule has 3 N–H and O–H groups in total. The van der Waals surface area contributed by atoms with Crippen molar-refractivity contribution in [1.82, 2.24) is 9.61 Å². The van der Waals surface area contributed by atoms with Crippen LogP contribution in [-0.4, -0.2) is 14.7 Å². The molecule has 5 heteroatoms. The SMILES string of the molecule is CC(O)c1nn2ccccc2c1N.Cl. The highest BCUT2D eigenvalue weighted by Crippen LogP contribution is 2.22. The molecule has 2 rings (SSSR count). The molecule has 0 bridgehead atoms. The maximum Gasteiger partial charge on any atom is 0.115 e. The summed E-state index contributed by atoms with van der Waals surface area (Å²) in [5.41, 5.74) is 7.71. The Labute approximate surface area is 87.8 Å². The van der Waals surface area contributed by atoms with Crippen molar-refractivity contribution in [2.24, 2.45) is 0 Å². The molecule has 0 aromatic carbocycles. The van der Waals surface area contributed by atoms with Crippen LogP contribution in [-0.2, 0) is 0 Å². The van der Waals surface area contributed by atoms with Crippen molar-refractivity contribution >= 4 is 23.6 Å². The van der Waals surface area contributed by atoms with Crippen LogP contribution in [0.15, 0.2) is 24.4 Å². The molecular weight excluding hydrogens is 202 g/mol. The van der Waals surface area contributed by atoms with E-state index in [1.807, 2.05) is 18.2 Å². The second kappa shape index (κ2) is 3.86. The Morgan fingerprint density at radius 1 is 1.50 bits per heavy atom. The number of aliphatic hydroxyl groups is 1. The quantitative estimate of drug-likeness (QED) is 0.753. The maximum atomic E-state index is 9.35. The van der Waals surface area contributed by atoms with Gasteiger partial charge in [-0.05, 0) is 19.1 Å². The lowest BCUT2D eigenvalue weighted by molar-refractivity contribution is 0.194. The van der Waals surface area contributed by atoms with Gasteiger partial charge < -0.3 is 10.8 Å². The van der Waals surface area contributed by atoms with Gasteiger partial charge in [-0.3, -0.25) is 0 Å². The number of nitrogens with zero attached hydrogens (tertiary/aromatic N) is 2. The van der Waals surface area contributed by atoms with E-state index < -0.39 is 6.10 Å². The van der Waals surface area contributed by atoms with Crippen molar-refractivity contribution in [2.45, 2.75) is 13.0 Å². The van der Waals surface area contributed by atoms with Gasteiger partial charge in [-0.25, -0.2) is 4.52 Å². The molecule has 1 atom stereocenters. The summed E-state index contributed by atoms with van der Waals surface area (Å²) >= 11 is 0. The summed E-state index contributed by atoms with van der Waals surface area (Å²) in [7, 11) is 0. The summed E-state index contributed by atoms with van der Waals surface area (Å²) in [4.78, 5) is 0. The average Bonchev–Trinajstić information content (AvgIpc) is 2.45. The van der Waals surface area contributed by atoms with E-state index in [-0.39, 0.29) is 12.4 Å². The zero-order chi connectivity index (χ0) is 9.42. The monoisotopic (exact) mass is 213 g/mol. The van der Waals surface area contributed by atoms with E-state index in [0.717, 1.165) is 5.52 Å². The molecule has 0 saturated carbocycles. The second-order valence-electron chi connectivity index (χ2n) is 3.01. The molecule has 0 aliphatic heterocycles. The van der Waals surface area contributed by atoms with Crippen molar-refractivity contribution < 1.29 is 5.11 Å². The minimum atomic E-state index is -0.625. The maximum absolute atomic E-state index is 9.35. The van der Waals surface area contributed by atoms with Crippen LogP contribution in [0.4, 0.5) is 5.69 Å². The number of nitrogen functional groups attached to an aromatic ring is 1. The first kappa shape index (κ1) is 10.8. The minimum absolute atomic E-state index is 0. The molecule has 4 nitrogen and oxygen atoms in total. The summed E-state index contributed by atoms with van der Waals surface area (Å²) < 4.78 is 1.66. The first-order chi connectivity index (χ1) is 6.20. The predicted molar refractivity (Wildman–Crippen MR) is 57.5 cm³/mol. The molecule has 0 radical (unpaired) electrons. The first-order valence-corrected chi connectivity index (χ1v) is 4.11. The molecule has 0 fully saturated rings. The molecular formula is C9H12ClN3O. The fourth-order valence-corrected chi connectivity index (χ4v) is 1.34. The Balaban J connectivity index is 0.000000980. The molecule has 1 unspecified atom stereocenters. The number of hydrogen-bond donors (Lipinski definition) is 2. The molecule has 2 heterocycles. The van der Waals surface area contributed by atoms with Gasteiger partial charge in [0.15, 0.2) is 0 Å². The number of hydrogen-bond acceptors (Lipinski definition) is 3. The molecule has 2 aromatic rings. The topological polar surface area (TPSA) is 63.5 Å². The molecule has 14 heavy (non-hydrogen) atoms. The van der Waals surface area contributed by atoms with Crippen LogP contribution in [0.1, 0.15) is 18.7 Å². The average molecular weight is 214 g/mol. The zero-order valence-electron chi connectivity index (χ0n) is 7.71. The lowest BCUT2D eigenvalue weighted by atomic mass is 10.2. The van der Waals surface area contributed by atoms with Gasteiger partial charge in [0.2, 0.25) is 0 Å². The molecule has 0 spiro atoms. The van der Waals surface area contributed by atoms with E-state index in [1.54, 1.807) is 17.6 Å². The van der Waals surface area contributed by atoms with Gasteiger partial charge >= 0.3 is 0 Å². The summed E-state index contributed by atoms with van der Waals surface area (Å²) in [5, 5.41) is 13.5. The number of aliphatic hydroxyl groups excluding tert-OH is 1. The fourth-order valence-electron chi connectivity index (χ4n) is 1.34. The predicted octanol–water partition coefficient (Wildman–Crippen LogP) is 1.39. The normalized spacial score (nSPS) is 12.4. The van der Waals surface area contributed by atoms with Crippen LogP contribution in [0.5, 0.6) is 0 Å². The van der Waals surface area contributed by atoms with E-state index in [9.17, 15) is 5.11 Å². The van der Waals surface area contributed by atoms with E-state index in [1.165, 1.54) is 0 Å². The third-order valence-corrected chi connectivity index (χ3v) is 2.00.